The average molecular weight is 943 g/mol. The second-order valence-corrected chi connectivity index (χ2v) is 20.3. The Bertz CT molecular complexity index is 1090. The zero-order valence-corrected chi connectivity index (χ0v) is 44.9. The molecule has 0 radical (unpaired) electrons. The molecule has 6 nitrogen and oxygen atoms in total. The van der Waals surface area contributed by atoms with Gasteiger partial charge in [0.15, 0.2) is 0 Å². The van der Waals surface area contributed by atoms with Gasteiger partial charge in [-0.2, -0.15) is 0 Å². The highest BCUT2D eigenvalue weighted by molar-refractivity contribution is 5.76. The molecular weight excluding hydrogens is 827 g/mol. The zero-order chi connectivity index (χ0) is 48.6. The summed E-state index contributed by atoms with van der Waals surface area (Å²) in [4.78, 5) is 24.5. The lowest BCUT2D eigenvalue weighted by Crippen LogP contribution is -2.45. The van der Waals surface area contributed by atoms with Crippen LogP contribution < -0.4 is 5.32 Å². The number of ether oxygens (including phenoxy) is 1. The number of carbonyl (C=O) groups is 2. The van der Waals surface area contributed by atoms with Gasteiger partial charge in [0.05, 0.1) is 25.4 Å². The van der Waals surface area contributed by atoms with E-state index in [1.165, 1.54) is 225 Å². The summed E-state index contributed by atoms with van der Waals surface area (Å²) in [6, 6.07) is -0.638. The molecule has 0 saturated heterocycles. The first kappa shape index (κ1) is 65.1. The van der Waals surface area contributed by atoms with Crippen molar-refractivity contribution < 1.29 is 24.5 Å². The fourth-order valence-corrected chi connectivity index (χ4v) is 9.03. The maximum absolute atomic E-state index is 12.5. The quantitative estimate of drug-likeness (QED) is 0.0321. The van der Waals surface area contributed by atoms with Gasteiger partial charge in [-0.1, -0.05) is 256 Å². The molecule has 2 unspecified atom stereocenters. The highest BCUT2D eigenvalue weighted by Crippen LogP contribution is 2.16. The van der Waals surface area contributed by atoms with Crippen LogP contribution >= 0.6 is 0 Å². The van der Waals surface area contributed by atoms with Crippen molar-refractivity contribution >= 4 is 11.9 Å². The van der Waals surface area contributed by atoms with Gasteiger partial charge < -0.3 is 20.3 Å². The number of hydrogen-bond donors (Lipinski definition) is 3. The Labute approximate surface area is 417 Å². The zero-order valence-electron chi connectivity index (χ0n) is 44.9. The molecule has 0 aromatic carbocycles. The van der Waals surface area contributed by atoms with E-state index in [1.54, 1.807) is 6.08 Å². The van der Waals surface area contributed by atoms with Crippen LogP contribution in [0.2, 0.25) is 0 Å². The maximum atomic E-state index is 12.5. The van der Waals surface area contributed by atoms with E-state index in [1.807, 2.05) is 6.08 Å². The Kier molecular flexibility index (Phi) is 55.0. The number of allylic oxidation sites excluding steroid dienone is 5. The van der Waals surface area contributed by atoms with Crippen LogP contribution in [0.3, 0.4) is 0 Å². The molecule has 0 fully saturated rings. The smallest absolute Gasteiger partial charge is 0.305 e. The normalized spacial score (nSPS) is 12.8. The Hall–Kier alpha value is -1.92. The van der Waals surface area contributed by atoms with Crippen molar-refractivity contribution in [3.05, 3.63) is 36.5 Å². The van der Waals surface area contributed by atoms with E-state index in [-0.39, 0.29) is 18.5 Å². The van der Waals surface area contributed by atoms with Crippen LogP contribution in [-0.2, 0) is 14.3 Å². The fraction of sp³-hybridized carbons (Fsp3) is 0.869. The Morgan fingerprint density at radius 3 is 1.06 bits per heavy atom. The molecule has 1 amide bonds. The van der Waals surface area contributed by atoms with E-state index in [0.29, 0.717) is 19.4 Å². The van der Waals surface area contributed by atoms with Gasteiger partial charge in [0.1, 0.15) is 0 Å². The first-order chi connectivity index (χ1) is 33.0. The maximum Gasteiger partial charge on any atom is 0.305 e. The number of esters is 1. The van der Waals surface area contributed by atoms with Crippen molar-refractivity contribution in [1.29, 1.82) is 0 Å². The molecule has 67 heavy (non-hydrogen) atoms. The predicted molar refractivity (Wildman–Crippen MR) is 292 cm³/mol. The Balaban J connectivity index is 3.48. The van der Waals surface area contributed by atoms with Gasteiger partial charge in [0.2, 0.25) is 5.91 Å². The first-order valence-corrected chi connectivity index (χ1v) is 29.8. The molecule has 3 N–H and O–H groups in total. The van der Waals surface area contributed by atoms with Crippen molar-refractivity contribution in [3.8, 4) is 0 Å². The van der Waals surface area contributed by atoms with Crippen molar-refractivity contribution in [2.24, 2.45) is 0 Å². The van der Waals surface area contributed by atoms with Crippen LogP contribution in [0.1, 0.15) is 316 Å². The third-order valence-electron chi connectivity index (χ3n) is 13.6. The first-order valence-electron chi connectivity index (χ1n) is 29.8. The Morgan fingerprint density at radius 1 is 0.403 bits per heavy atom. The second kappa shape index (κ2) is 56.7. The summed E-state index contributed by atoms with van der Waals surface area (Å²) in [5.41, 5.74) is 0. The van der Waals surface area contributed by atoms with E-state index in [4.69, 9.17) is 4.74 Å². The summed E-state index contributed by atoms with van der Waals surface area (Å²) in [7, 11) is 0. The van der Waals surface area contributed by atoms with Crippen LogP contribution in [-0.4, -0.2) is 47.4 Å². The number of aliphatic hydroxyl groups is 2. The van der Waals surface area contributed by atoms with Crippen molar-refractivity contribution in [3.63, 3.8) is 0 Å². The van der Waals surface area contributed by atoms with E-state index >= 15 is 0 Å². The topological polar surface area (TPSA) is 95.9 Å². The molecule has 0 aromatic rings. The summed E-state index contributed by atoms with van der Waals surface area (Å²) in [5.74, 6) is -0.0869. The molecule has 0 saturated carbocycles. The molecule has 2 atom stereocenters. The molecule has 0 rings (SSSR count). The average Bonchev–Trinajstić information content (AvgIpc) is 3.33. The number of unbranched alkanes of at least 4 members (excludes halogenated alkanes) is 40. The Morgan fingerprint density at radius 2 is 0.701 bits per heavy atom. The minimum Gasteiger partial charge on any atom is -0.466 e. The number of carbonyl (C=O) groups excluding carboxylic acids is 2. The molecular formula is C61H115NO5. The lowest BCUT2D eigenvalue weighted by atomic mass is 10.0. The molecule has 0 aromatic heterocycles. The summed E-state index contributed by atoms with van der Waals surface area (Å²) < 4.78 is 5.48. The number of hydrogen-bond acceptors (Lipinski definition) is 5. The van der Waals surface area contributed by atoms with E-state index in [0.717, 1.165) is 64.2 Å². The number of rotatable bonds is 55. The van der Waals surface area contributed by atoms with E-state index in [9.17, 15) is 19.8 Å². The van der Waals surface area contributed by atoms with Crippen molar-refractivity contribution in [2.75, 3.05) is 13.2 Å². The summed E-state index contributed by atoms with van der Waals surface area (Å²) in [6.45, 7) is 4.89. The second-order valence-electron chi connectivity index (χ2n) is 20.3. The number of nitrogens with one attached hydrogen (secondary N) is 1. The van der Waals surface area contributed by atoms with Gasteiger partial charge >= 0.3 is 5.97 Å². The number of amides is 1. The minimum absolute atomic E-state index is 0.00533. The lowest BCUT2D eigenvalue weighted by molar-refractivity contribution is -0.143. The van der Waals surface area contributed by atoms with Crippen molar-refractivity contribution in [1.82, 2.24) is 5.32 Å². The van der Waals surface area contributed by atoms with Crippen LogP contribution in [0.4, 0.5) is 0 Å². The SMILES string of the molecule is CCCCCCCCC/C=C\CCCCCCCC(=O)OCCCCCCCCCCC/C=C\CCCCCCCC(=O)NC(CO)C(O)/C=C/CCCCCCCCCCCCCCCC. The lowest BCUT2D eigenvalue weighted by Gasteiger charge is -2.20. The van der Waals surface area contributed by atoms with Gasteiger partial charge in [-0.15, -0.1) is 0 Å². The van der Waals surface area contributed by atoms with Gasteiger partial charge in [-0.05, 0) is 83.5 Å². The molecule has 0 aliphatic heterocycles. The minimum atomic E-state index is -0.853. The predicted octanol–water partition coefficient (Wildman–Crippen LogP) is 18.4. The largest absolute Gasteiger partial charge is 0.466 e. The summed E-state index contributed by atoms with van der Waals surface area (Å²) in [6.07, 6.45) is 70.2. The third kappa shape index (κ3) is 53.3. The number of aliphatic hydroxyl groups excluding tert-OH is 2. The summed E-state index contributed by atoms with van der Waals surface area (Å²) >= 11 is 0. The third-order valence-corrected chi connectivity index (χ3v) is 13.6. The molecule has 6 heteroatoms. The monoisotopic (exact) mass is 942 g/mol. The van der Waals surface area contributed by atoms with Gasteiger partial charge in [0, 0.05) is 12.8 Å². The fourth-order valence-electron chi connectivity index (χ4n) is 9.03. The highest BCUT2D eigenvalue weighted by Gasteiger charge is 2.18. The van der Waals surface area contributed by atoms with Crippen molar-refractivity contribution in [2.45, 2.75) is 328 Å². The van der Waals surface area contributed by atoms with Crippen LogP contribution in [0.5, 0.6) is 0 Å². The molecule has 394 valence electrons. The molecule has 0 aliphatic rings. The van der Waals surface area contributed by atoms with Crippen LogP contribution in [0.15, 0.2) is 36.5 Å². The van der Waals surface area contributed by atoms with E-state index < -0.39 is 12.1 Å². The van der Waals surface area contributed by atoms with Gasteiger partial charge in [-0.3, -0.25) is 9.59 Å². The highest BCUT2D eigenvalue weighted by atomic mass is 16.5. The molecule has 0 heterocycles. The molecule has 0 aliphatic carbocycles. The summed E-state index contributed by atoms with van der Waals surface area (Å²) in [5, 5.41) is 23.1. The molecule has 0 bridgehead atoms. The van der Waals surface area contributed by atoms with Gasteiger partial charge in [0.25, 0.3) is 0 Å². The van der Waals surface area contributed by atoms with Crippen LogP contribution in [0, 0.1) is 0 Å². The van der Waals surface area contributed by atoms with Crippen LogP contribution in [0.25, 0.3) is 0 Å². The van der Waals surface area contributed by atoms with E-state index in [2.05, 4.69) is 43.5 Å². The van der Waals surface area contributed by atoms with Gasteiger partial charge in [-0.25, -0.2) is 0 Å². The standard InChI is InChI=1S/C61H115NO5/c1-3-5-7-9-11-13-15-17-19-25-29-33-37-41-45-49-53-59(64)58(57-63)62-60(65)54-50-46-42-38-34-30-26-23-21-22-24-28-32-36-40-44-48-52-56-67-61(66)55-51-47-43-39-35-31-27-20-18-16-14-12-10-8-6-4-2/h20,23,26-27,49,53,58-59,63-64H,3-19,21-22,24-25,28-48,50-52,54-57H2,1-2H3,(H,62,65)/b26-23-,27-20-,53-49+. The molecule has 0 spiro atoms.